The number of rotatable bonds is 3. The van der Waals surface area contributed by atoms with Gasteiger partial charge in [0.2, 0.25) is 0 Å². The molecule has 0 saturated heterocycles. The molecule has 1 heterocycles. The number of hydrogen-bond donors (Lipinski definition) is 1. The molecule has 2 rings (SSSR count). The van der Waals surface area contributed by atoms with Gasteiger partial charge in [0, 0.05) is 12.3 Å². The molecule has 0 amide bonds. The number of nitro benzene ring substituents is 1. The third kappa shape index (κ3) is 2.13. The van der Waals surface area contributed by atoms with Crippen molar-refractivity contribution in [3.63, 3.8) is 0 Å². The smallest absolute Gasteiger partial charge is 0.272 e. The van der Waals surface area contributed by atoms with Crippen molar-refractivity contribution < 1.29 is 14.4 Å². The molecule has 0 unspecified atom stereocenters. The normalized spacial score (nSPS) is 10.5. The zero-order valence-electron chi connectivity index (χ0n) is 8.58. The molecule has 88 valence electrons. The quantitative estimate of drug-likeness (QED) is 0.646. The maximum Gasteiger partial charge on any atom is 0.272 e. The fourth-order valence-electron chi connectivity index (χ4n) is 1.40. The second kappa shape index (κ2) is 4.30. The lowest BCUT2D eigenvalue weighted by Crippen LogP contribution is -1.96. The molecule has 17 heavy (non-hydrogen) atoms. The third-order valence-corrected chi connectivity index (χ3v) is 2.22. The Morgan fingerprint density at radius 1 is 1.53 bits per heavy atom. The predicted octanol–water partition coefficient (Wildman–Crippen LogP) is 1.41. The maximum atomic E-state index is 13.6. The van der Waals surface area contributed by atoms with Crippen LogP contribution in [-0.2, 0) is 6.61 Å². The standard InChI is InChI=1S/C10H8FN3O3/c11-9-3-8(14(16)17)1-2-10(9)13-4-7(5-15)12-6-13/h1-4,6,15H,5H2. The van der Waals surface area contributed by atoms with E-state index in [2.05, 4.69) is 4.98 Å². The van der Waals surface area contributed by atoms with Crippen LogP contribution in [0.25, 0.3) is 5.69 Å². The van der Waals surface area contributed by atoms with Gasteiger partial charge in [0.05, 0.1) is 35.3 Å². The summed E-state index contributed by atoms with van der Waals surface area (Å²) in [6.45, 7) is -0.248. The van der Waals surface area contributed by atoms with E-state index in [9.17, 15) is 14.5 Å². The Morgan fingerprint density at radius 3 is 2.82 bits per heavy atom. The van der Waals surface area contributed by atoms with E-state index in [1.165, 1.54) is 29.2 Å². The van der Waals surface area contributed by atoms with Gasteiger partial charge in [0.15, 0.2) is 5.82 Å². The van der Waals surface area contributed by atoms with Gasteiger partial charge in [-0.25, -0.2) is 9.37 Å². The molecule has 0 aliphatic carbocycles. The van der Waals surface area contributed by atoms with Crippen molar-refractivity contribution in [1.29, 1.82) is 0 Å². The highest BCUT2D eigenvalue weighted by Gasteiger charge is 2.12. The zero-order valence-corrected chi connectivity index (χ0v) is 8.58. The van der Waals surface area contributed by atoms with Crippen LogP contribution in [0.4, 0.5) is 10.1 Å². The number of imidazole rings is 1. The summed E-state index contributed by atoms with van der Waals surface area (Å²) in [6.07, 6.45) is 2.78. The molecule has 0 aliphatic heterocycles. The molecule has 1 aromatic heterocycles. The van der Waals surface area contributed by atoms with Gasteiger partial charge < -0.3 is 9.67 Å². The first-order chi connectivity index (χ1) is 8.11. The van der Waals surface area contributed by atoms with E-state index >= 15 is 0 Å². The van der Waals surface area contributed by atoms with E-state index in [1.807, 2.05) is 0 Å². The Labute approximate surface area is 95.1 Å². The van der Waals surface area contributed by atoms with Gasteiger partial charge >= 0.3 is 0 Å². The van der Waals surface area contributed by atoms with Crippen LogP contribution in [0.2, 0.25) is 0 Å². The first-order valence-electron chi connectivity index (χ1n) is 4.70. The van der Waals surface area contributed by atoms with Crippen molar-refractivity contribution in [1.82, 2.24) is 9.55 Å². The maximum absolute atomic E-state index is 13.6. The Bertz CT molecular complexity index is 568. The molecule has 0 fully saturated rings. The molecule has 6 nitrogen and oxygen atoms in total. The van der Waals surface area contributed by atoms with Crippen molar-refractivity contribution in [2.45, 2.75) is 6.61 Å². The topological polar surface area (TPSA) is 81.2 Å². The summed E-state index contributed by atoms with van der Waals surface area (Å²) in [5.41, 5.74) is 0.222. The van der Waals surface area contributed by atoms with Crippen molar-refractivity contribution in [3.8, 4) is 5.69 Å². The summed E-state index contributed by atoms with van der Waals surface area (Å²) < 4.78 is 14.9. The number of aliphatic hydroxyl groups excluding tert-OH is 1. The SMILES string of the molecule is O=[N+]([O-])c1ccc(-n2cnc(CO)c2)c(F)c1. The van der Waals surface area contributed by atoms with Crippen molar-refractivity contribution >= 4 is 5.69 Å². The summed E-state index contributed by atoms with van der Waals surface area (Å²) >= 11 is 0. The van der Waals surface area contributed by atoms with Crippen molar-refractivity contribution in [2.24, 2.45) is 0 Å². The van der Waals surface area contributed by atoms with Crippen LogP contribution in [0.15, 0.2) is 30.7 Å². The Hall–Kier alpha value is -2.28. The van der Waals surface area contributed by atoms with Crippen molar-refractivity contribution in [3.05, 3.63) is 52.3 Å². The summed E-state index contributed by atoms with van der Waals surface area (Å²) in [5, 5.41) is 19.3. The first-order valence-corrected chi connectivity index (χ1v) is 4.70. The molecule has 0 spiro atoms. The van der Waals surface area contributed by atoms with Gasteiger partial charge in [0.1, 0.15) is 0 Å². The summed E-state index contributed by atoms with van der Waals surface area (Å²) in [4.78, 5) is 13.6. The molecule has 0 bridgehead atoms. The molecule has 2 aromatic rings. The van der Waals surface area contributed by atoms with Crippen LogP contribution in [0, 0.1) is 15.9 Å². The Morgan fingerprint density at radius 2 is 2.29 bits per heavy atom. The number of halogens is 1. The average molecular weight is 237 g/mol. The lowest BCUT2D eigenvalue weighted by atomic mass is 10.2. The lowest BCUT2D eigenvalue weighted by molar-refractivity contribution is -0.385. The molecule has 0 saturated carbocycles. The highest BCUT2D eigenvalue weighted by atomic mass is 19.1. The first kappa shape index (κ1) is 11.2. The van der Waals surface area contributed by atoms with Crippen LogP contribution in [-0.4, -0.2) is 19.6 Å². The van der Waals surface area contributed by atoms with Gasteiger partial charge in [0.25, 0.3) is 5.69 Å². The average Bonchev–Trinajstić information content (AvgIpc) is 2.77. The number of non-ortho nitro benzene ring substituents is 1. The second-order valence-electron chi connectivity index (χ2n) is 3.32. The number of hydrogen-bond acceptors (Lipinski definition) is 4. The number of nitrogens with zero attached hydrogens (tertiary/aromatic N) is 3. The van der Waals surface area contributed by atoms with Gasteiger partial charge in [-0.2, -0.15) is 0 Å². The van der Waals surface area contributed by atoms with Crippen LogP contribution in [0.1, 0.15) is 5.69 Å². The molecular formula is C10H8FN3O3. The van der Waals surface area contributed by atoms with E-state index in [1.54, 1.807) is 0 Å². The minimum absolute atomic E-state index is 0.141. The Kier molecular flexibility index (Phi) is 2.84. The molecule has 0 radical (unpaired) electrons. The van der Waals surface area contributed by atoms with Crippen molar-refractivity contribution in [2.75, 3.05) is 0 Å². The molecule has 7 heteroatoms. The minimum atomic E-state index is -0.721. The number of aromatic nitrogens is 2. The van der Waals surface area contributed by atoms with E-state index in [0.717, 1.165) is 6.07 Å². The molecule has 1 aromatic carbocycles. The van der Waals surface area contributed by atoms with Crippen LogP contribution in [0.5, 0.6) is 0 Å². The van der Waals surface area contributed by atoms with Crippen LogP contribution >= 0.6 is 0 Å². The van der Waals surface area contributed by atoms with E-state index in [0.29, 0.717) is 5.69 Å². The van der Waals surface area contributed by atoms with E-state index in [4.69, 9.17) is 5.11 Å². The highest BCUT2D eigenvalue weighted by molar-refractivity contribution is 5.42. The fraction of sp³-hybridized carbons (Fsp3) is 0.100. The van der Waals surface area contributed by atoms with E-state index in [-0.39, 0.29) is 18.0 Å². The minimum Gasteiger partial charge on any atom is -0.390 e. The fourth-order valence-corrected chi connectivity index (χ4v) is 1.40. The largest absolute Gasteiger partial charge is 0.390 e. The van der Waals surface area contributed by atoms with Gasteiger partial charge in [-0.05, 0) is 6.07 Å². The molecule has 1 N–H and O–H groups in total. The number of aliphatic hydroxyl groups is 1. The van der Waals surface area contributed by atoms with Crippen LogP contribution in [0.3, 0.4) is 0 Å². The van der Waals surface area contributed by atoms with Gasteiger partial charge in [-0.15, -0.1) is 0 Å². The Balaban J connectivity index is 2.42. The molecule has 0 aliphatic rings. The molecular weight excluding hydrogens is 229 g/mol. The zero-order chi connectivity index (χ0) is 12.4. The number of nitro groups is 1. The summed E-state index contributed by atoms with van der Waals surface area (Å²) in [7, 11) is 0. The van der Waals surface area contributed by atoms with Crippen LogP contribution < -0.4 is 0 Å². The van der Waals surface area contributed by atoms with Gasteiger partial charge in [-0.1, -0.05) is 0 Å². The second-order valence-corrected chi connectivity index (χ2v) is 3.32. The highest BCUT2D eigenvalue weighted by Crippen LogP contribution is 2.19. The lowest BCUT2D eigenvalue weighted by Gasteiger charge is -2.02. The number of benzene rings is 1. The predicted molar refractivity (Wildman–Crippen MR) is 56.1 cm³/mol. The monoisotopic (exact) mass is 237 g/mol. The van der Waals surface area contributed by atoms with E-state index < -0.39 is 10.7 Å². The molecule has 0 atom stereocenters. The summed E-state index contributed by atoms with van der Waals surface area (Å²) in [6, 6.07) is 3.33. The third-order valence-electron chi connectivity index (χ3n) is 2.22. The van der Waals surface area contributed by atoms with Gasteiger partial charge in [-0.3, -0.25) is 10.1 Å². The summed E-state index contributed by atoms with van der Waals surface area (Å²) in [5.74, 6) is -0.721.